The SMILES string of the molecule is CC(C)(C)[Si](OCC1=CC(=O)C2OCO[C@H]12)(c1ccccc1)c1ccccc1. The topological polar surface area (TPSA) is 44.8 Å². The second-order valence-electron chi connectivity index (χ2n) is 8.37. The van der Waals surface area contributed by atoms with Gasteiger partial charge >= 0.3 is 0 Å². The minimum atomic E-state index is -2.63. The van der Waals surface area contributed by atoms with Crippen molar-refractivity contribution in [1.29, 1.82) is 0 Å². The van der Waals surface area contributed by atoms with E-state index in [9.17, 15) is 4.79 Å². The van der Waals surface area contributed by atoms with Crippen LogP contribution in [0.3, 0.4) is 0 Å². The Hall–Kier alpha value is -2.05. The van der Waals surface area contributed by atoms with E-state index in [2.05, 4.69) is 69.3 Å². The van der Waals surface area contributed by atoms with E-state index in [0.717, 1.165) is 5.57 Å². The van der Waals surface area contributed by atoms with Crippen LogP contribution in [0.15, 0.2) is 72.3 Å². The predicted molar refractivity (Wildman–Crippen MR) is 111 cm³/mol. The van der Waals surface area contributed by atoms with Crippen LogP contribution in [0.5, 0.6) is 0 Å². The minimum absolute atomic E-state index is 0.0245. The second-order valence-corrected chi connectivity index (χ2v) is 12.7. The van der Waals surface area contributed by atoms with Gasteiger partial charge < -0.3 is 13.9 Å². The van der Waals surface area contributed by atoms with Gasteiger partial charge in [0.05, 0.1) is 6.61 Å². The zero-order valence-electron chi connectivity index (χ0n) is 16.6. The van der Waals surface area contributed by atoms with E-state index >= 15 is 0 Å². The molecule has 0 bridgehead atoms. The Morgan fingerprint density at radius 3 is 2.00 bits per heavy atom. The zero-order valence-corrected chi connectivity index (χ0v) is 17.6. The zero-order chi connectivity index (χ0) is 19.8. The molecule has 0 aromatic heterocycles. The van der Waals surface area contributed by atoms with Crippen LogP contribution in [0.4, 0.5) is 0 Å². The fourth-order valence-electron chi connectivity index (χ4n) is 4.32. The van der Waals surface area contributed by atoms with Crippen LogP contribution in [-0.2, 0) is 18.7 Å². The smallest absolute Gasteiger partial charge is 0.261 e. The summed E-state index contributed by atoms with van der Waals surface area (Å²) < 4.78 is 18.0. The molecule has 0 spiro atoms. The molecule has 2 atom stereocenters. The van der Waals surface area contributed by atoms with Gasteiger partial charge in [0.25, 0.3) is 8.32 Å². The average Bonchev–Trinajstić information content (AvgIpc) is 3.28. The molecular formula is C23H26O4Si. The Morgan fingerprint density at radius 1 is 0.929 bits per heavy atom. The van der Waals surface area contributed by atoms with Crippen molar-refractivity contribution in [1.82, 2.24) is 0 Å². The molecule has 2 aromatic carbocycles. The van der Waals surface area contributed by atoms with Gasteiger partial charge in [0.2, 0.25) is 0 Å². The number of fused-ring (bicyclic) bond motifs is 1. The fourth-order valence-corrected chi connectivity index (χ4v) is 8.86. The third-order valence-electron chi connectivity index (χ3n) is 5.62. The van der Waals surface area contributed by atoms with E-state index in [1.54, 1.807) is 6.08 Å². The largest absolute Gasteiger partial charge is 0.403 e. The highest BCUT2D eigenvalue weighted by molar-refractivity contribution is 6.99. The number of carbonyl (C=O) groups is 1. The first-order valence-electron chi connectivity index (χ1n) is 9.66. The normalized spacial score (nSPS) is 22.2. The molecule has 1 aliphatic heterocycles. The molecule has 1 unspecified atom stereocenters. The first-order valence-corrected chi connectivity index (χ1v) is 11.6. The molecule has 28 heavy (non-hydrogen) atoms. The second kappa shape index (κ2) is 7.41. The molecule has 146 valence electrons. The van der Waals surface area contributed by atoms with E-state index in [0.29, 0.717) is 6.61 Å². The lowest BCUT2D eigenvalue weighted by atomic mass is 10.2. The van der Waals surface area contributed by atoms with Crippen molar-refractivity contribution >= 4 is 24.5 Å². The lowest BCUT2D eigenvalue weighted by Gasteiger charge is -2.43. The van der Waals surface area contributed by atoms with Gasteiger partial charge in [-0.25, -0.2) is 0 Å². The van der Waals surface area contributed by atoms with Crippen molar-refractivity contribution in [2.24, 2.45) is 0 Å². The molecule has 2 aliphatic rings. The Balaban J connectivity index is 1.75. The van der Waals surface area contributed by atoms with Crippen molar-refractivity contribution in [3.05, 3.63) is 72.3 Å². The van der Waals surface area contributed by atoms with Crippen LogP contribution in [0.25, 0.3) is 0 Å². The van der Waals surface area contributed by atoms with Gasteiger partial charge in [-0.3, -0.25) is 4.79 Å². The lowest BCUT2D eigenvalue weighted by molar-refractivity contribution is -0.122. The summed E-state index contributed by atoms with van der Waals surface area (Å²) in [6.07, 6.45) is 0.829. The van der Waals surface area contributed by atoms with Crippen LogP contribution in [0, 0.1) is 0 Å². The van der Waals surface area contributed by atoms with E-state index in [1.165, 1.54) is 10.4 Å². The Morgan fingerprint density at radius 2 is 1.46 bits per heavy atom. The highest BCUT2D eigenvalue weighted by Gasteiger charge is 2.51. The van der Waals surface area contributed by atoms with Gasteiger partial charge in [0.1, 0.15) is 12.9 Å². The monoisotopic (exact) mass is 394 g/mol. The van der Waals surface area contributed by atoms with Crippen molar-refractivity contribution in [2.45, 2.75) is 38.0 Å². The summed E-state index contributed by atoms with van der Waals surface area (Å²) in [6, 6.07) is 21.0. The number of rotatable bonds is 5. The van der Waals surface area contributed by atoms with Gasteiger partial charge in [-0.2, -0.15) is 0 Å². The van der Waals surface area contributed by atoms with Gasteiger partial charge in [-0.1, -0.05) is 81.4 Å². The van der Waals surface area contributed by atoms with Crippen LogP contribution in [0.1, 0.15) is 20.8 Å². The molecule has 1 heterocycles. The van der Waals surface area contributed by atoms with Crippen molar-refractivity contribution in [3.8, 4) is 0 Å². The third kappa shape index (κ3) is 3.18. The number of ether oxygens (including phenoxy) is 2. The number of benzene rings is 2. The number of hydrogen-bond donors (Lipinski definition) is 0. The van der Waals surface area contributed by atoms with Gasteiger partial charge in [-0.05, 0) is 27.1 Å². The molecule has 5 heteroatoms. The van der Waals surface area contributed by atoms with Crippen molar-refractivity contribution < 1.29 is 18.7 Å². The average molecular weight is 395 g/mol. The molecule has 1 aliphatic carbocycles. The third-order valence-corrected chi connectivity index (χ3v) is 10.6. The van der Waals surface area contributed by atoms with E-state index in [1.807, 2.05) is 12.1 Å². The summed E-state index contributed by atoms with van der Waals surface area (Å²) in [5.41, 5.74) is 0.875. The number of hydrogen-bond acceptors (Lipinski definition) is 4. The van der Waals surface area contributed by atoms with Crippen LogP contribution >= 0.6 is 0 Å². The summed E-state index contributed by atoms with van der Waals surface area (Å²) in [5.74, 6) is -0.0245. The van der Waals surface area contributed by atoms with E-state index in [4.69, 9.17) is 13.9 Å². The quantitative estimate of drug-likeness (QED) is 0.732. The van der Waals surface area contributed by atoms with Gasteiger partial charge in [0.15, 0.2) is 11.9 Å². The maximum absolute atomic E-state index is 12.2. The summed E-state index contributed by atoms with van der Waals surface area (Å²) >= 11 is 0. The van der Waals surface area contributed by atoms with Crippen LogP contribution < -0.4 is 10.4 Å². The van der Waals surface area contributed by atoms with Crippen molar-refractivity contribution in [3.63, 3.8) is 0 Å². The Kier molecular flexibility index (Phi) is 5.10. The molecule has 0 amide bonds. The molecule has 0 N–H and O–H groups in total. The Labute approximate surface area is 167 Å². The first kappa shape index (κ1) is 19.3. The minimum Gasteiger partial charge on any atom is -0.403 e. The standard InChI is InChI=1S/C23H26O4Si/c1-23(2,3)28(18-10-6-4-7-11-18,19-12-8-5-9-13-19)27-15-17-14-20(24)22-21(17)25-16-26-22/h4-14,21-22H,15-16H2,1-3H3/t21-,22?/m1/s1. The van der Waals surface area contributed by atoms with E-state index in [-0.39, 0.29) is 23.7 Å². The summed E-state index contributed by atoms with van der Waals surface area (Å²) in [6.45, 7) is 7.25. The predicted octanol–water partition coefficient (Wildman–Crippen LogP) is 2.81. The van der Waals surface area contributed by atoms with Crippen LogP contribution in [-0.4, -0.2) is 39.7 Å². The van der Waals surface area contributed by atoms with E-state index < -0.39 is 14.4 Å². The van der Waals surface area contributed by atoms with Crippen molar-refractivity contribution in [2.75, 3.05) is 13.4 Å². The first-order chi connectivity index (χ1) is 13.4. The fraction of sp³-hybridized carbons (Fsp3) is 0.348. The molecular weight excluding hydrogens is 368 g/mol. The lowest BCUT2D eigenvalue weighted by Crippen LogP contribution is -2.66. The highest BCUT2D eigenvalue weighted by atomic mass is 28.4. The molecule has 2 aromatic rings. The van der Waals surface area contributed by atoms with Gasteiger partial charge in [0, 0.05) is 0 Å². The Bertz CT molecular complexity index is 831. The molecule has 4 rings (SSSR count). The summed E-state index contributed by atoms with van der Waals surface area (Å²) in [7, 11) is -2.63. The maximum Gasteiger partial charge on any atom is 0.261 e. The molecule has 0 saturated carbocycles. The highest BCUT2D eigenvalue weighted by Crippen LogP contribution is 2.38. The summed E-state index contributed by atoms with van der Waals surface area (Å²) in [4.78, 5) is 12.2. The number of ketones is 1. The maximum atomic E-state index is 12.2. The molecule has 1 saturated heterocycles. The molecule has 0 radical (unpaired) electrons. The molecule has 4 nitrogen and oxygen atoms in total. The summed E-state index contributed by atoms with van der Waals surface area (Å²) in [5, 5.41) is 2.34. The molecule has 1 fully saturated rings. The van der Waals surface area contributed by atoms with Crippen LogP contribution in [0.2, 0.25) is 5.04 Å². The number of carbonyl (C=O) groups excluding carboxylic acids is 1. The van der Waals surface area contributed by atoms with Gasteiger partial charge in [-0.15, -0.1) is 0 Å².